The molecule has 10 heteroatoms. The van der Waals surface area contributed by atoms with E-state index in [1.54, 1.807) is 35.6 Å². The van der Waals surface area contributed by atoms with E-state index in [0.717, 1.165) is 16.3 Å². The summed E-state index contributed by atoms with van der Waals surface area (Å²) >= 11 is 1.44. The average Bonchev–Trinajstić information content (AvgIpc) is 3.28. The summed E-state index contributed by atoms with van der Waals surface area (Å²) in [7, 11) is -3.22. The molecule has 136 valence electrons. The van der Waals surface area contributed by atoms with Gasteiger partial charge in [0.1, 0.15) is 23.9 Å². The van der Waals surface area contributed by atoms with Crippen molar-refractivity contribution in [1.29, 1.82) is 0 Å². The third kappa shape index (κ3) is 3.34. The molecular formula is C17H14N6O2S2. The zero-order valence-corrected chi connectivity index (χ0v) is 15.9. The van der Waals surface area contributed by atoms with Gasteiger partial charge >= 0.3 is 0 Å². The van der Waals surface area contributed by atoms with Crippen LogP contribution in [-0.4, -0.2) is 40.8 Å². The molecule has 3 heterocycles. The van der Waals surface area contributed by atoms with E-state index >= 15 is 0 Å². The number of hydrogen-bond donors (Lipinski definition) is 0. The first-order valence-electron chi connectivity index (χ1n) is 7.87. The Morgan fingerprint density at radius 2 is 2.07 bits per heavy atom. The summed E-state index contributed by atoms with van der Waals surface area (Å²) < 4.78 is 25.0. The minimum atomic E-state index is -3.22. The van der Waals surface area contributed by atoms with Crippen LogP contribution in [0.1, 0.15) is 0 Å². The number of aromatic nitrogens is 3. The molecule has 0 spiro atoms. The van der Waals surface area contributed by atoms with E-state index in [9.17, 15) is 8.42 Å². The number of thiazole rings is 1. The molecule has 2 aromatic heterocycles. The van der Waals surface area contributed by atoms with E-state index in [-0.39, 0.29) is 4.90 Å². The van der Waals surface area contributed by atoms with Gasteiger partial charge in [0.2, 0.25) is 0 Å². The smallest absolute Gasteiger partial charge is 0.188 e. The summed E-state index contributed by atoms with van der Waals surface area (Å²) in [5, 5.41) is 12.6. The first kappa shape index (κ1) is 17.4. The second-order valence-corrected chi connectivity index (χ2v) is 8.79. The van der Waals surface area contributed by atoms with Gasteiger partial charge in [-0.15, -0.1) is 22.9 Å². The Morgan fingerprint density at radius 3 is 2.78 bits per heavy atom. The predicted molar refractivity (Wildman–Crippen MR) is 102 cm³/mol. The quantitative estimate of drug-likeness (QED) is 0.630. The van der Waals surface area contributed by atoms with Crippen molar-refractivity contribution >= 4 is 27.0 Å². The fourth-order valence-electron chi connectivity index (χ4n) is 2.62. The SMILES string of the molecule is C#CCN1Cn2cnc(-c3nc(-c4ccc(S(C)(=O)=O)cc4)cs3)c2N=N1. The molecule has 1 aliphatic heterocycles. The summed E-state index contributed by atoms with van der Waals surface area (Å²) in [5.41, 5.74) is 2.24. The number of hydrogen-bond acceptors (Lipinski definition) is 8. The van der Waals surface area contributed by atoms with E-state index < -0.39 is 9.84 Å². The van der Waals surface area contributed by atoms with E-state index in [2.05, 4.69) is 26.2 Å². The van der Waals surface area contributed by atoms with Crippen LogP contribution in [0.15, 0.2) is 51.2 Å². The van der Waals surface area contributed by atoms with Crippen LogP contribution in [0, 0.1) is 12.3 Å². The van der Waals surface area contributed by atoms with Crippen molar-refractivity contribution in [2.24, 2.45) is 10.3 Å². The van der Waals surface area contributed by atoms with Crippen molar-refractivity contribution in [3.63, 3.8) is 0 Å². The lowest BCUT2D eigenvalue weighted by atomic mass is 10.2. The monoisotopic (exact) mass is 398 g/mol. The van der Waals surface area contributed by atoms with Crippen LogP contribution < -0.4 is 0 Å². The van der Waals surface area contributed by atoms with E-state index in [1.807, 2.05) is 9.95 Å². The first-order valence-corrected chi connectivity index (χ1v) is 10.6. The van der Waals surface area contributed by atoms with Gasteiger partial charge in [0.25, 0.3) is 0 Å². The van der Waals surface area contributed by atoms with E-state index in [0.29, 0.717) is 24.7 Å². The van der Waals surface area contributed by atoms with Crippen LogP contribution in [0.4, 0.5) is 5.82 Å². The fraction of sp³-hybridized carbons (Fsp3) is 0.176. The number of fused-ring (bicyclic) bond motifs is 1. The highest BCUT2D eigenvalue weighted by molar-refractivity contribution is 7.90. The molecule has 0 saturated carbocycles. The summed E-state index contributed by atoms with van der Waals surface area (Å²) in [6, 6.07) is 6.65. The van der Waals surface area contributed by atoms with Gasteiger partial charge in [-0.05, 0) is 12.1 Å². The molecule has 0 atom stereocenters. The predicted octanol–water partition coefficient (Wildman–Crippen LogP) is 2.98. The van der Waals surface area contributed by atoms with Crippen LogP contribution in [0.25, 0.3) is 22.0 Å². The number of rotatable bonds is 4. The summed E-state index contributed by atoms with van der Waals surface area (Å²) in [6.45, 7) is 0.864. The van der Waals surface area contributed by atoms with Gasteiger partial charge in [-0.25, -0.2) is 23.4 Å². The minimum absolute atomic E-state index is 0.279. The van der Waals surface area contributed by atoms with Gasteiger partial charge in [-0.1, -0.05) is 23.3 Å². The van der Waals surface area contributed by atoms with Crippen molar-refractivity contribution in [3.05, 3.63) is 36.0 Å². The minimum Gasteiger partial charge on any atom is -0.293 e. The van der Waals surface area contributed by atoms with E-state index in [4.69, 9.17) is 6.42 Å². The zero-order chi connectivity index (χ0) is 19.0. The standard InChI is InChI=1S/C17H14N6O2S2/c1-3-8-23-11-22-10-18-15(16(22)20-21-23)17-19-14(9-26-17)12-4-6-13(7-5-12)27(2,24)25/h1,4-7,9-10H,8,11H2,2H3. The largest absolute Gasteiger partial charge is 0.293 e. The number of sulfone groups is 1. The Labute approximate surface area is 160 Å². The van der Waals surface area contributed by atoms with Gasteiger partial charge in [-0.3, -0.25) is 4.57 Å². The second kappa shape index (κ2) is 6.61. The number of imidazole rings is 1. The topological polar surface area (TPSA) is 92.8 Å². The van der Waals surface area contributed by atoms with Gasteiger partial charge in [0.05, 0.1) is 16.9 Å². The normalized spacial score (nSPS) is 13.4. The lowest BCUT2D eigenvalue weighted by Crippen LogP contribution is -2.22. The Hall–Kier alpha value is -3.03. The van der Waals surface area contributed by atoms with Crippen molar-refractivity contribution in [2.75, 3.05) is 12.8 Å². The Morgan fingerprint density at radius 1 is 1.30 bits per heavy atom. The summed E-state index contributed by atoms with van der Waals surface area (Å²) in [4.78, 5) is 9.32. The maximum absolute atomic E-state index is 11.6. The molecule has 0 unspecified atom stereocenters. The van der Waals surface area contributed by atoms with Crippen LogP contribution >= 0.6 is 11.3 Å². The molecule has 1 aromatic carbocycles. The Bertz CT molecular complexity index is 1170. The molecule has 3 aromatic rings. The lowest BCUT2D eigenvalue weighted by Gasteiger charge is -2.19. The molecule has 1 aliphatic rings. The van der Waals surface area contributed by atoms with Crippen LogP contribution in [0.2, 0.25) is 0 Å². The third-order valence-corrected chi connectivity index (χ3v) is 5.93. The van der Waals surface area contributed by atoms with Crippen LogP contribution in [0.5, 0.6) is 0 Å². The van der Waals surface area contributed by atoms with E-state index in [1.165, 1.54) is 17.6 Å². The Kier molecular flexibility index (Phi) is 4.25. The average molecular weight is 398 g/mol. The lowest BCUT2D eigenvalue weighted by molar-refractivity contribution is 0.226. The van der Waals surface area contributed by atoms with Crippen molar-refractivity contribution in [3.8, 4) is 34.3 Å². The molecule has 4 rings (SSSR count). The van der Waals surface area contributed by atoms with Crippen LogP contribution in [0.3, 0.4) is 0 Å². The number of benzene rings is 1. The first-order chi connectivity index (χ1) is 13.0. The fourth-order valence-corrected chi connectivity index (χ4v) is 4.07. The molecule has 8 nitrogen and oxygen atoms in total. The van der Waals surface area contributed by atoms with Crippen LogP contribution in [-0.2, 0) is 16.5 Å². The highest BCUT2D eigenvalue weighted by Crippen LogP contribution is 2.35. The molecule has 0 saturated heterocycles. The number of nitrogens with zero attached hydrogens (tertiary/aromatic N) is 6. The molecule has 27 heavy (non-hydrogen) atoms. The highest BCUT2D eigenvalue weighted by atomic mass is 32.2. The van der Waals surface area contributed by atoms with Gasteiger partial charge in [0, 0.05) is 17.2 Å². The van der Waals surface area contributed by atoms with Crippen molar-refractivity contribution < 1.29 is 8.42 Å². The molecule has 0 N–H and O–H groups in total. The molecule has 0 fully saturated rings. The van der Waals surface area contributed by atoms with Crippen molar-refractivity contribution in [2.45, 2.75) is 11.6 Å². The molecule has 0 radical (unpaired) electrons. The van der Waals surface area contributed by atoms with Gasteiger partial charge in [0.15, 0.2) is 15.7 Å². The molecule has 0 bridgehead atoms. The van der Waals surface area contributed by atoms with Gasteiger partial charge < -0.3 is 0 Å². The molecular weight excluding hydrogens is 384 g/mol. The summed E-state index contributed by atoms with van der Waals surface area (Å²) in [5.74, 6) is 3.17. The van der Waals surface area contributed by atoms with Crippen molar-refractivity contribution in [1.82, 2.24) is 19.5 Å². The van der Waals surface area contributed by atoms with Gasteiger partial charge in [-0.2, -0.15) is 0 Å². The second-order valence-electron chi connectivity index (χ2n) is 5.92. The number of terminal acetylenes is 1. The molecule has 0 amide bonds. The maximum Gasteiger partial charge on any atom is 0.188 e. The zero-order valence-electron chi connectivity index (χ0n) is 14.3. The maximum atomic E-state index is 11.6. The third-order valence-electron chi connectivity index (χ3n) is 3.95. The molecule has 0 aliphatic carbocycles. The highest BCUT2D eigenvalue weighted by Gasteiger charge is 2.20. The Balaban J connectivity index is 1.62. The summed E-state index contributed by atoms with van der Waals surface area (Å²) in [6.07, 6.45) is 8.18.